The lowest BCUT2D eigenvalue weighted by Gasteiger charge is -2.14. The summed E-state index contributed by atoms with van der Waals surface area (Å²) in [5.41, 5.74) is 11.2. The lowest BCUT2D eigenvalue weighted by molar-refractivity contribution is 0.111. The zero-order valence-corrected chi connectivity index (χ0v) is 7.14. The van der Waals surface area contributed by atoms with Crippen LogP contribution in [0.25, 0.3) is 0 Å². The van der Waals surface area contributed by atoms with Gasteiger partial charge < -0.3 is 16.2 Å². The third kappa shape index (κ3) is 2.76. The molecule has 0 aliphatic carbocycles. The number of benzene rings is 1. The molecule has 0 fully saturated rings. The monoisotopic (exact) mass is 180 g/mol. The molecule has 0 saturated heterocycles. The molecule has 1 atom stereocenters. The summed E-state index contributed by atoms with van der Waals surface area (Å²) in [7, 11) is 0. The third-order valence-corrected chi connectivity index (χ3v) is 1.64. The Hall–Kier alpha value is -1.55. The molecular weight excluding hydrogens is 168 g/mol. The zero-order chi connectivity index (χ0) is 9.68. The molecule has 0 aromatic heterocycles. The van der Waals surface area contributed by atoms with Crippen LogP contribution in [0.15, 0.2) is 30.3 Å². The van der Waals surface area contributed by atoms with Crippen molar-refractivity contribution in [2.45, 2.75) is 6.10 Å². The Morgan fingerprint density at radius 3 is 2.46 bits per heavy atom. The number of carbonyl (C=O) groups is 1. The van der Waals surface area contributed by atoms with E-state index in [2.05, 4.69) is 0 Å². The quantitative estimate of drug-likeness (QED) is 0.721. The summed E-state index contributed by atoms with van der Waals surface area (Å²) in [6, 6.07) is 9.24. The first kappa shape index (κ1) is 9.54. The summed E-state index contributed by atoms with van der Waals surface area (Å²) in [6.07, 6.45) is -1.25. The average Bonchev–Trinajstić information content (AvgIpc) is 2.15. The van der Waals surface area contributed by atoms with Crippen LogP contribution in [0.3, 0.4) is 0 Å². The molecule has 0 bridgehead atoms. The molecule has 1 rings (SSSR count). The van der Waals surface area contributed by atoms with Gasteiger partial charge in [-0.05, 0) is 5.56 Å². The van der Waals surface area contributed by atoms with E-state index in [0.717, 1.165) is 5.56 Å². The number of ether oxygens (including phenoxy) is 1. The lowest BCUT2D eigenvalue weighted by atomic mass is 10.1. The van der Waals surface area contributed by atoms with Crippen molar-refractivity contribution in [2.24, 2.45) is 11.5 Å². The van der Waals surface area contributed by atoms with Gasteiger partial charge in [-0.2, -0.15) is 0 Å². The molecule has 4 heteroatoms. The highest BCUT2D eigenvalue weighted by atomic mass is 16.6. The molecule has 13 heavy (non-hydrogen) atoms. The molecule has 0 unspecified atom stereocenters. The Kier molecular flexibility index (Phi) is 3.28. The minimum Gasteiger partial charge on any atom is -0.440 e. The van der Waals surface area contributed by atoms with Gasteiger partial charge in [0.05, 0.1) is 0 Å². The molecule has 0 radical (unpaired) electrons. The van der Waals surface area contributed by atoms with Crippen molar-refractivity contribution in [3.63, 3.8) is 0 Å². The van der Waals surface area contributed by atoms with Gasteiger partial charge in [-0.15, -0.1) is 0 Å². The number of hydrogen-bond donors (Lipinski definition) is 2. The number of hydrogen-bond acceptors (Lipinski definition) is 3. The molecule has 1 amide bonds. The van der Waals surface area contributed by atoms with Gasteiger partial charge in [0, 0.05) is 6.54 Å². The molecular formula is C9H12N2O2. The van der Waals surface area contributed by atoms with E-state index >= 15 is 0 Å². The van der Waals surface area contributed by atoms with Crippen LogP contribution in [-0.2, 0) is 4.74 Å². The fourth-order valence-electron chi connectivity index (χ4n) is 1.06. The van der Waals surface area contributed by atoms with Crippen LogP contribution in [0.5, 0.6) is 0 Å². The van der Waals surface area contributed by atoms with Crippen molar-refractivity contribution in [1.29, 1.82) is 0 Å². The fourth-order valence-corrected chi connectivity index (χ4v) is 1.06. The van der Waals surface area contributed by atoms with Crippen LogP contribution in [0.4, 0.5) is 4.79 Å². The number of amides is 1. The maximum atomic E-state index is 10.5. The number of rotatable bonds is 3. The predicted octanol–water partition coefficient (Wildman–Crippen LogP) is 0.782. The van der Waals surface area contributed by atoms with E-state index in [9.17, 15) is 4.79 Å². The Morgan fingerprint density at radius 1 is 1.38 bits per heavy atom. The smallest absolute Gasteiger partial charge is 0.405 e. The van der Waals surface area contributed by atoms with Crippen molar-refractivity contribution in [1.82, 2.24) is 0 Å². The molecule has 1 aromatic rings. The standard InChI is InChI=1S/C9H12N2O2/c10-6-8(13-9(11)12)7-4-2-1-3-5-7/h1-5,8H,6,10H2,(H2,11,12)/t8-/m0/s1. The van der Waals surface area contributed by atoms with Gasteiger partial charge in [-0.1, -0.05) is 30.3 Å². The Morgan fingerprint density at radius 2 is 2.00 bits per heavy atom. The third-order valence-electron chi connectivity index (χ3n) is 1.64. The molecule has 0 saturated carbocycles. The second kappa shape index (κ2) is 4.47. The molecule has 1 aromatic carbocycles. The molecule has 4 nitrogen and oxygen atoms in total. The van der Waals surface area contributed by atoms with E-state index < -0.39 is 12.2 Å². The van der Waals surface area contributed by atoms with Gasteiger partial charge in [0.2, 0.25) is 0 Å². The number of primary amides is 1. The van der Waals surface area contributed by atoms with Crippen molar-refractivity contribution in [2.75, 3.05) is 6.54 Å². The molecule has 0 spiro atoms. The first-order valence-electron chi connectivity index (χ1n) is 3.95. The summed E-state index contributed by atoms with van der Waals surface area (Å²) < 4.78 is 4.80. The maximum absolute atomic E-state index is 10.5. The van der Waals surface area contributed by atoms with Crippen LogP contribution in [0.2, 0.25) is 0 Å². The molecule has 70 valence electrons. The second-order valence-corrected chi connectivity index (χ2v) is 2.57. The van der Waals surface area contributed by atoms with Gasteiger partial charge in [0.25, 0.3) is 0 Å². The van der Waals surface area contributed by atoms with Crippen molar-refractivity contribution in [3.8, 4) is 0 Å². The first-order valence-corrected chi connectivity index (χ1v) is 3.95. The van der Waals surface area contributed by atoms with Gasteiger partial charge in [0.1, 0.15) is 6.10 Å². The highest BCUT2D eigenvalue weighted by Crippen LogP contribution is 2.14. The van der Waals surface area contributed by atoms with Gasteiger partial charge in [-0.3, -0.25) is 0 Å². The van der Waals surface area contributed by atoms with Crippen LogP contribution in [-0.4, -0.2) is 12.6 Å². The van der Waals surface area contributed by atoms with E-state index in [1.807, 2.05) is 30.3 Å². The minimum absolute atomic E-state index is 0.229. The number of nitrogens with two attached hydrogens (primary N) is 2. The minimum atomic E-state index is -0.806. The van der Waals surface area contributed by atoms with Crippen molar-refractivity contribution < 1.29 is 9.53 Å². The van der Waals surface area contributed by atoms with E-state index in [1.54, 1.807) is 0 Å². The fraction of sp³-hybridized carbons (Fsp3) is 0.222. The Balaban J connectivity index is 2.73. The van der Waals surface area contributed by atoms with Gasteiger partial charge in [0.15, 0.2) is 0 Å². The summed E-state index contributed by atoms with van der Waals surface area (Å²) in [5, 5.41) is 0. The summed E-state index contributed by atoms with van der Waals surface area (Å²) in [4.78, 5) is 10.5. The molecule has 0 aliphatic rings. The van der Waals surface area contributed by atoms with Crippen LogP contribution >= 0.6 is 0 Å². The number of carbonyl (C=O) groups excluding carboxylic acids is 1. The normalized spacial score (nSPS) is 12.1. The molecule has 4 N–H and O–H groups in total. The van der Waals surface area contributed by atoms with Gasteiger partial charge in [-0.25, -0.2) is 4.79 Å². The summed E-state index contributed by atoms with van der Waals surface area (Å²) in [5.74, 6) is 0. The highest BCUT2D eigenvalue weighted by molar-refractivity contribution is 5.65. The summed E-state index contributed by atoms with van der Waals surface area (Å²) >= 11 is 0. The molecule has 0 aliphatic heterocycles. The Labute approximate surface area is 76.5 Å². The van der Waals surface area contributed by atoms with E-state index in [-0.39, 0.29) is 6.54 Å². The van der Waals surface area contributed by atoms with Crippen LogP contribution in [0, 0.1) is 0 Å². The SMILES string of the molecule is NC[C@H](OC(N)=O)c1ccccc1. The van der Waals surface area contributed by atoms with Gasteiger partial charge >= 0.3 is 6.09 Å². The maximum Gasteiger partial charge on any atom is 0.405 e. The second-order valence-electron chi connectivity index (χ2n) is 2.57. The highest BCUT2D eigenvalue weighted by Gasteiger charge is 2.11. The van der Waals surface area contributed by atoms with E-state index in [1.165, 1.54) is 0 Å². The van der Waals surface area contributed by atoms with E-state index in [4.69, 9.17) is 16.2 Å². The predicted molar refractivity (Wildman–Crippen MR) is 48.9 cm³/mol. The lowest BCUT2D eigenvalue weighted by Crippen LogP contribution is -2.22. The van der Waals surface area contributed by atoms with E-state index in [0.29, 0.717) is 0 Å². The van der Waals surface area contributed by atoms with Crippen molar-refractivity contribution >= 4 is 6.09 Å². The van der Waals surface area contributed by atoms with Crippen LogP contribution in [0.1, 0.15) is 11.7 Å². The Bertz CT molecular complexity index is 274. The largest absolute Gasteiger partial charge is 0.440 e. The van der Waals surface area contributed by atoms with Crippen LogP contribution < -0.4 is 11.5 Å². The summed E-state index contributed by atoms with van der Waals surface area (Å²) in [6.45, 7) is 0.229. The average molecular weight is 180 g/mol. The topological polar surface area (TPSA) is 78.3 Å². The first-order chi connectivity index (χ1) is 6.24. The molecule has 0 heterocycles. The van der Waals surface area contributed by atoms with Crippen molar-refractivity contribution in [3.05, 3.63) is 35.9 Å². The zero-order valence-electron chi connectivity index (χ0n) is 7.14.